The maximum atomic E-state index is 13.2. The minimum Gasteiger partial charge on any atom is -0.455 e. The number of fused-ring (bicyclic) bond motifs is 1. The molecule has 3 aromatic rings. The molecular weight excluding hydrogens is 404 g/mol. The number of nitrogens with one attached hydrogen (secondary N) is 1. The van der Waals surface area contributed by atoms with E-state index in [0.29, 0.717) is 53.5 Å². The van der Waals surface area contributed by atoms with Crippen LogP contribution in [0.15, 0.2) is 57.7 Å². The molecule has 0 unspecified atom stereocenters. The molecule has 1 amide bonds. The summed E-state index contributed by atoms with van der Waals surface area (Å²) in [4.78, 5) is 28.6. The highest BCUT2D eigenvalue weighted by Crippen LogP contribution is 2.27. The highest BCUT2D eigenvalue weighted by molar-refractivity contribution is 6.05. The zero-order valence-corrected chi connectivity index (χ0v) is 18.9. The van der Waals surface area contributed by atoms with Gasteiger partial charge in [-0.05, 0) is 25.0 Å². The van der Waals surface area contributed by atoms with Crippen LogP contribution in [0.1, 0.15) is 29.8 Å². The van der Waals surface area contributed by atoms with E-state index in [1.54, 1.807) is 25.1 Å². The molecule has 2 heterocycles. The van der Waals surface area contributed by atoms with Gasteiger partial charge in [0.15, 0.2) is 11.0 Å². The number of ether oxygens (including phenoxy) is 1. The smallest absolute Gasteiger partial charge is 0.255 e. The van der Waals surface area contributed by atoms with Crippen molar-refractivity contribution in [1.82, 2.24) is 10.2 Å². The summed E-state index contributed by atoms with van der Waals surface area (Å²) in [5, 5.41) is 3.50. The predicted molar refractivity (Wildman–Crippen MR) is 126 cm³/mol. The Labute approximate surface area is 188 Å². The first-order valence-corrected chi connectivity index (χ1v) is 11.2. The van der Waals surface area contributed by atoms with E-state index in [2.05, 4.69) is 24.1 Å². The standard InChI is InChI=1S/C26H30N2O4/c1-17(2)22(28-12-14-31-15-13-28)16-27-26(30)21-11-7-10-20-23(29)18(3)24(32-25(20)21)19-8-5-4-6-9-19/h4-11,17,22H,12-16H2,1-3H3,(H,27,30)/t22-/m0/s1. The summed E-state index contributed by atoms with van der Waals surface area (Å²) in [5.41, 5.74) is 1.93. The van der Waals surface area contributed by atoms with E-state index >= 15 is 0 Å². The van der Waals surface area contributed by atoms with Crippen LogP contribution in [0, 0.1) is 12.8 Å². The summed E-state index contributed by atoms with van der Waals surface area (Å²) < 4.78 is 11.7. The molecule has 6 nitrogen and oxygen atoms in total. The first-order valence-electron chi connectivity index (χ1n) is 11.2. The Morgan fingerprint density at radius 1 is 1.06 bits per heavy atom. The molecule has 1 aliphatic heterocycles. The molecule has 1 N–H and O–H groups in total. The van der Waals surface area contributed by atoms with Crippen molar-refractivity contribution in [1.29, 1.82) is 0 Å². The van der Waals surface area contributed by atoms with Crippen molar-refractivity contribution in [3.63, 3.8) is 0 Å². The number of hydrogen-bond donors (Lipinski definition) is 1. The first-order chi connectivity index (χ1) is 15.5. The molecule has 1 aliphatic rings. The number of rotatable bonds is 6. The first kappa shape index (κ1) is 22.2. The molecule has 168 valence electrons. The van der Waals surface area contributed by atoms with Gasteiger partial charge < -0.3 is 14.5 Å². The minimum atomic E-state index is -0.236. The van der Waals surface area contributed by atoms with E-state index in [1.165, 1.54) is 0 Å². The van der Waals surface area contributed by atoms with Crippen molar-refractivity contribution in [2.45, 2.75) is 26.8 Å². The lowest BCUT2D eigenvalue weighted by Crippen LogP contribution is -2.51. The Morgan fingerprint density at radius 2 is 1.78 bits per heavy atom. The van der Waals surface area contributed by atoms with Crippen LogP contribution in [-0.2, 0) is 4.74 Å². The average molecular weight is 435 g/mol. The number of carbonyl (C=O) groups is 1. The van der Waals surface area contributed by atoms with Gasteiger partial charge in [-0.2, -0.15) is 0 Å². The molecule has 1 fully saturated rings. The lowest BCUT2D eigenvalue weighted by atomic mass is 10.0. The normalized spacial score (nSPS) is 15.8. The minimum absolute atomic E-state index is 0.117. The SMILES string of the molecule is Cc1c(-c2ccccc2)oc2c(C(=O)NC[C@@H](C(C)C)N3CCOCC3)cccc2c1=O. The molecule has 4 rings (SSSR count). The molecule has 0 aliphatic carbocycles. The van der Waals surface area contributed by atoms with Gasteiger partial charge in [-0.15, -0.1) is 0 Å². The molecule has 2 aromatic carbocycles. The monoisotopic (exact) mass is 434 g/mol. The summed E-state index contributed by atoms with van der Waals surface area (Å²) in [5.74, 6) is 0.642. The maximum absolute atomic E-state index is 13.2. The fourth-order valence-corrected chi connectivity index (χ4v) is 4.34. The Bertz CT molecular complexity index is 1150. The molecule has 1 saturated heterocycles. The molecule has 6 heteroatoms. The Kier molecular flexibility index (Phi) is 6.72. The largest absolute Gasteiger partial charge is 0.455 e. The van der Waals surface area contributed by atoms with Gasteiger partial charge in [0.2, 0.25) is 0 Å². The lowest BCUT2D eigenvalue weighted by molar-refractivity contribution is 0.00673. The van der Waals surface area contributed by atoms with E-state index in [0.717, 1.165) is 18.7 Å². The summed E-state index contributed by atoms with van der Waals surface area (Å²) >= 11 is 0. The number of amides is 1. The molecule has 1 aromatic heterocycles. The van der Waals surface area contributed by atoms with E-state index in [4.69, 9.17) is 9.15 Å². The summed E-state index contributed by atoms with van der Waals surface area (Å²) in [7, 11) is 0. The van der Waals surface area contributed by atoms with Crippen LogP contribution in [-0.4, -0.2) is 49.7 Å². The number of nitrogens with zero attached hydrogens (tertiary/aromatic N) is 1. The van der Waals surface area contributed by atoms with Crippen LogP contribution in [0.5, 0.6) is 0 Å². The number of carbonyl (C=O) groups excluding carboxylic acids is 1. The third-order valence-corrected chi connectivity index (χ3v) is 6.18. The van der Waals surface area contributed by atoms with E-state index in [1.807, 2.05) is 30.3 Å². The van der Waals surface area contributed by atoms with Crippen molar-refractivity contribution in [3.8, 4) is 11.3 Å². The average Bonchev–Trinajstić information content (AvgIpc) is 2.82. The van der Waals surface area contributed by atoms with Gasteiger partial charge in [0.25, 0.3) is 5.91 Å². The summed E-state index contributed by atoms with van der Waals surface area (Å²) in [6, 6.07) is 14.9. The fraction of sp³-hybridized carbons (Fsp3) is 0.385. The van der Waals surface area contributed by atoms with Crippen molar-refractivity contribution in [2.24, 2.45) is 5.92 Å². The fourth-order valence-electron chi connectivity index (χ4n) is 4.34. The maximum Gasteiger partial charge on any atom is 0.255 e. The van der Waals surface area contributed by atoms with Crippen LogP contribution < -0.4 is 10.7 Å². The number of hydrogen-bond acceptors (Lipinski definition) is 5. The highest BCUT2D eigenvalue weighted by Gasteiger charge is 2.25. The van der Waals surface area contributed by atoms with Crippen LogP contribution >= 0.6 is 0 Å². The number of benzene rings is 2. The van der Waals surface area contributed by atoms with Crippen molar-refractivity contribution < 1.29 is 13.9 Å². The molecule has 0 spiro atoms. The zero-order valence-electron chi connectivity index (χ0n) is 18.9. The quantitative estimate of drug-likeness (QED) is 0.638. The Hall–Kier alpha value is -2.96. The van der Waals surface area contributed by atoms with Crippen LogP contribution in [0.3, 0.4) is 0 Å². The van der Waals surface area contributed by atoms with Crippen molar-refractivity contribution >= 4 is 16.9 Å². The second-order valence-corrected chi connectivity index (χ2v) is 8.60. The highest BCUT2D eigenvalue weighted by atomic mass is 16.5. The molecular formula is C26H30N2O4. The third-order valence-electron chi connectivity index (χ3n) is 6.18. The summed E-state index contributed by atoms with van der Waals surface area (Å²) in [6.07, 6.45) is 0. The van der Waals surface area contributed by atoms with Gasteiger partial charge in [0.1, 0.15) is 5.76 Å². The van der Waals surface area contributed by atoms with Crippen LogP contribution in [0.25, 0.3) is 22.3 Å². The van der Waals surface area contributed by atoms with E-state index in [-0.39, 0.29) is 17.4 Å². The van der Waals surface area contributed by atoms with Gasteiger partial charge in [0.05, 0.1) is 24.2 Å². The van der Waals surface area contributed by atoms with Crippen LogP contribution in [0.4, 0.5) is 0 Å². The third kappa shape index (κ3) is 4.47. The van der Waals surface area contributed by atoms with Gasteiger partial charge in [0, 0.05) is 36.8 Å². The van der Waals surface area contributed by atoms with E-state index in [9.17, 15) is 9.59 Å². The number of morpholine rings is 1. The topological polar surface area (TPSA) is 71.8 Å². The molecule has 0 radical (unpaired) electrons. The van der Waals surface area contributed by atoms with Gasteiger partial charge in [-0.1, -0.05) is 50.2 Å². The second kappa shape index (κ2) is 9.67. The van der Waals surface area contributed by atoms with E-state index < -0.39 is 0 Å². The second-order valence-electron chi connectivity index (χ2n) is 8.60. The molecule has 0 saturated carbocycles. The zero-order chi connectivity index (χ0) is 22.7. The van der Waals surface area contributed by atoms with Gasteiger partial charge >= 0.3 is 0 Å². The van der Waals surface area contributed by atoms with Crippen molar-refractivity contribution in [3.05, 3.63) is 69.9 Å². The Balaban J connectivity index is 1.65. The van der Waals surface area contributed by atoms with Gasteiger partial charge in [-0.25, -0.2) is 0 Å². The lowest BCUT2D eigenvalue weighted by Gasteiger charge is -2.36. The molecule has 32 heavy (non-hydrogen) atoms. The number of para-hydroxylation sites is 1. The summed E-state index contributed by atoms with van der Waals surface area (Å²) in [6.45, 7) is 9.77. The molecule has 0 bridgehead atoms. The predicted octanol–water partition coefficient (Wildman–Crippen LogP) is 3.86. The van der Waals surface area contributed by atoms with Gasteiger partial charge in [-0.3, -0.25) is 14.5 Å². The molecule has 1 atom stereocenters. The Morgan fingerprint density at radius 3 is 2.47 bits per heavy atom. The van der Waals surface area contributed by atoms with Crippen LogP contribution in [0.2, 0.25) is 0 Å². The van der Waals surface area contributed by atoms with Crippen molar-refractivity contribution in [2.75, 3.05) is 32.8 Å².